The molecule has 0 radical (unpaired) electrons. The van der Waals surface area contributed by atoms with Crippen LogP contribution in [0.5, 0.6) is 0 Å². The minimum Gasteiger partial charge on any atom is -0.302 e. The Hall–Kier alpha value is -1.14. The first kappa shape index (κ1) is 13.9. The zero-order chi connectivity index (χ0) is 13.4. The molecular weight excluding hydrogens is 249 g/mol. The van der Waals surface area contributed by atoms with Gasteiger partial charge in [0.1, 0.15) is 0 Å². The fourth-order valence-corrected chi connectivity index (χ4v) is 1.35. The fourth-order valence-electron chi connectivity index (χ4n) is 1.19. The van der Waals surface area contributed by atoms with Crippen molar-refractivity contribution in [2.45, 2.75) is 25.9 Å². The minimum atomic E-state index is -1.14. The Kier molecular flexibility index (Phi) is 3.78. The number of rotatable bonds is 3. The number of aromatic amines is 1. The first-order valence-corrected chi connectivity index (χ1v) is 5.40. The number of halogens is 2. The average Bonchev–Trinajstić information content (AvgIpc) is 2.21. The van der Waals surface area contributed by atoms with Gasteiger partial charge in [-0.3, -0.25) is 14.3 Å². The third-order valence-corrected chi connectivity index (χ3v) is 3.10. The molecule has 0 amide bonds. The van der Waals surface area contributed by atoms with Crippen molar-refractivity contribution >= 4 is 11.6 Å². The van der Waals surface area contributed by atoms with Gasteiger partial charge in [0.2, 0.25) is 5.82 Å². The predicted molar refractivity (Wildman–Crippen MR) is 64.1 cm³/mol. The van der Waals surface area contributed by atoms with Gasteiger partial charge < -0.3 is 4.90 Å². The summed E-state index contributed by atoms with van der Waals surface area (Å²) in [5.74, 6) is -1.14. The van der Waals surface area contributed by atoms with Gasteiger partial charge in [-0.1, -0.05) is 11.6 Å². The zero-order valence-electron chi connectivity index (χ0n) is 10.2. The number of nitrogens with one attached hydrogen (secondary N) is 1. The lowest BCUT2D eigenvalue weighted by atomic mass is 10.0. The third-order valence-electron chi connectivity index (χ3n) is 2.84. The molecule has 0 saturated heterocycles. The summed E-state index contributed by atoms with van der Waals surface area (Å²) in [7, 11) is 3.62. The van der Waals surface area contributed by atoms with Crippen LogP contribution in [0.4, 0.5) is 4.39 Å². The molecule has 0 spiro atoms. The van der Waals surface area contributed by atoms with Gasteiger partial charge >= 0.3 is 5.69 Å². The molecule has 0 saturated carbocycles. The second-order valence-electron chi connectivity index (χ2n) is 4.66. The molecule has 0 atom stereocenters. The van der Waals surface area contributed by atoms with E-state index < -0.39 is 27.8 Å². The van der Waals surface area contributed by atoms with Crippen molar-refractivity contribution in [3.05, 3.63) is 31.8 Å². The topological polar surface area (TPSA) is 58.1 Å². The number of aromatic nitrogens is 2. The van der Waals surface area contributed by atoms with Crippen LogP contribution in [0.3, 0.4) is 0 Å². The molecular formula is C10H15ClFN3O2. The van der Waals surface area contributed by atoms with E-state index in [9.17, 15) is 14.0 Å². The van der Waals surface area contributed by atoms with Crippen LogP contribution in [0.15, 0.2) is 9.59 Å². The number of hydrogen-bond acceptors (Lipinski definition) is 3. The van der Waals surface area contributed by atoms with Crippen molar-refractivity contribution in [1.29, 1.82) is 0 Å². The highest BCUT2D eigenvalue weighted by Gasteiger charge is 2.24. The van der Waals surface area contributed by atoms with Gasteiger partial charge in [-0.2, -0.15) is 4.39 Å². The lowest BCUT2D eigenvalue weighted by Gasteiger charge is -2.32. The molecule has 0 bridgehead atoms. The van der Waals surface area contributed by atoms with Crippen LogP contribution in [-0.4, -0.2) is 34.1 Å². The first-order valence-electron chi connectivity index (χ1n) is 5.02. The Morgan fingerprint density at radius 2 is 1.94 bits per heavy atom. The minimum absolute atomic E-state index is 0.0717. The van der Waals surface area contributed by atoms with E-state index in [1.165, 1.54) is 0 Å². The highest BCUT2D eigenvalue weighted by Crippen LogP contribution is 2.11. The Labute approximate surface area is 103 Å². The van der Waals surface area contributed by atoms with Crippen molar-refractivity contribution in [2.24, 2.45) is 0 Å². The number of H-pyrrole nitrogens is 1. The van der Waals surface area contributed by atoms with Gasteiger partial charge in [0.25, 0.3) is 5.56 Å². The molecule has 1 aromatic rings. The number of likely N-dealkylation sites (N-methyl/N-ethyl adjacent to an activating group) is 1. The Balaban J connectivity index is 3.31. The maximum atomic E-state index is 13.3. The van der Waals surface area contributed by atoms with E-state index in [-0.39, 0.29) is 6.54 Å². The molecule has 1 heterocycles. The largest absolute Gasteiger partial charge is 0.329 e. The Morgan fingerprint density at radius 1 is 1.41 bits per heavy atom. The first-order chi connectivity index (χ1) is 7.66. The maximum absolute atomic E-state index is 13.3. The summed E-state index contributed by atoms with van der Waals surface area (Å²) < 4.78 is 14.1. The van der Waals surface area contributed by atoms with E-state index in [1.54, 1.807) is 0 Å². The molecule has 0 aliphatic rings. The lowest BCUT2D eigenvalue weighted by Crippen LogP contribution is -2.49. The molecule has 17 heavy (non-hydrogen) atoms. The summed E-state index contributed by atoms with van der Waals surface area (Å²) in [6, 6.07) is 0. The number of hydrogen-bond donors (Lipinski definition) is 1. The molecule has 1 aromatic heterocycles. The van der Waals surface area contributed by atoms with Crippen LogP contribution in [0, 0.1) is 5.82 Å². The van der Waals surface area contributed by atoms with E-state index in [1.807, 2.05) is 32.8 Å². The molecule has 0 aromatic carbocycles. The SMILES string of the molecule is CN(C)C(C)(C)Cn1c(=O)[nH]c(Cl)c(F)c1=O. The van der Waals surface area contributed by atoms with Gasteiger partial charge in [0, 0.05) is 12.1 Å². The van der Waals surface area contributed by atoms with Gasteiger partial charge in [-0.15, -0.1) is 0 Å². The smallest absolute Gasteiger partial charge is 0.302 e. The Morgan fingerprint density at radius 3 is 2.41 bits per heavy atom. The Bertz CT molecular complexity index is 533. The molecule has 1 rings (SSSR count). The van der Waals surface area contributed by atoms with Gasteiger partial charge in [-0.05, 0) is 27.9 Å². The average molecular weight is 264 g/mol. The highest BCUT2D eigenvalue weighted by molar-refractivity contribution is 6.29. The van der Waals surface area contributed by atoms with Crippen molar-refractivity contribution in [2.75, 3.05) is 14.1 Å². The molecule has 0 aliphatic carbocycles. The summed E-state index contributed by atoms with van der Waals surface area (Å²) in [5, 5.41) is -0.557. The second kappa shape index (κ2) is 4.62. The van der Waals surface area contributed by atoms with Crippen molar-refractivity contribution in [1.82, 2.24) is 14.5 Å². The second-order valence-corrected chi connectivity index (χ2v) is 5.03. The highest BCUT2D eigenvalue weighted by atomic mass is 35.5. The molecule has 5 nitrogen and oxygen atoms in total. The summed E-state index contributed by atoms with van der Waals surface area (Å²) in [6.45, 7) is 3.75. The summed E-state index contributed by atoms with van der Waals surface area (Å²) >= 11 is 5.37. The molecule has 0 aliphatic heterocycles. The van der Waals surface area contributed by atoms with E-state index >= 15 is 0 Å². The van der Waals surface area contributed by atoms with Gasteiger partial charge in [0.05, 0.1) is 0 Å². The van der Waals surface area contributed by atoms with Crippen molar-refractivity contribution in [3.63, 3.8) is 0 Å². The van der Waals surface area contributed by atoms with Gasteiger partial charge in [-0.25, -0.2) is 4.79 Å². The van der Waals surface area contributed by atoms with E-state index in [4.69, 9.17) is 11.6 Å². The van der Waals surface area contributed by atoms with E-state index in [0.717, 1.165) is 4.57 Å². The monoisotopic (exact) mass is 263 g/mol. The quantitative estimate of drug-likeness (QED) is 0.816. The van der Waals surface area contributed by atoms with Crippen LogP contribution >= 0.6 is 11.6 Å². The maximum Gasteiger partial charge on any atom is 0.329 e. The number of nitrogens with zero attached hydrogens (tertiary/aromatic N) is 2. The zero-order valence-corrected chi connectivity index (χ0v) is 10.9. The summed E-state index contributed by atoms with van der Waals surface area (Å²) in [4.78, 5) is 27.1. The van der Waals surface area contributed by atoms with Crippen molar-refractivity contribution in [3.8, 4) is 0 Å². The summed E-state index contributed by atoms with van der Waals surface area (Å²) in [6.07, 6.45) is 0. The molecule has 0 fully saturated rings. The molecule has 0 unspecified atom stereocenters. The molecule has 1 N–H and O–H groups in total. The van der Waals surface area contributed by atoms with E-state index in [2.05, 4.69) is 4.98 Å². The van der Waals surface area contributed by atoms with Gasteiger partial charge in [0.15, 0.2) is 5.15 Å². The van der Waals surface area contributed by atoms with Crippen LogP contribution in [0.2, 0.25) is 5.15 Å². The third kappa shape index (κ3) is 2.76. The fraction of sp³-hybridized carbons (Fsp3) is 0.600. The normalized spacial score (nSPS) is 12.2. The van der Waals surface area contributed by atoms with E-state index in [0.29, 0.717) is 0 Å². The van der Waals surface area contributed by atoms with Crippen molar-refractivity contribution < 1.29 is 4.39 Å². The predicted octanol–water partition coefficient (Wildman–Crippen LogP) is 0.669. The van der Waals surface area contributed by atoms with Crippen LogP contribution in [-0.2, 0) is 6.54 Å². The van der Waals surface area contributed by atoms with Crippen LogP contribution in [0.1, 0.15) is 13.8 Å². The molecule has 7 heteroatoms. The van der Waals surface area contributed by atoms with Crippen LogP contribution in [0.25, 0.3) is 0 Å². The van der Waals surface area contributed by atoms with Crippen LogP contribution < -0.4 is 11.2 Å². The summed E-state index contributed by atoms with van der Waals surface area (Å²) in [5.41, 5.74) is -2.18. The lowest BCUT2D eigenvalue weighted by molar-refractivity contribution is 0.165. The molecule has 96 valence electrons. The standard InChI is InChI=1S/C10H15ClFN3O2/c1-10(2,14(3)4)5-15-8(16)6(12)7(11)13-9(15)17/h5H2,1-4H3,(H,13,17).